The summed E-state index contributed by atoms with van der Waals surface area (Å²) in [7, 11) is 0. The van der Waals surface area contributed by atoms with Crippen LogP contribution in [-0.2, 0) is 9.59 Å². The number of non-ortho nitro benzene ring substituents is 1. The number of nitro groups is 1. The van der Waals surface area contributed by atoms with Crippen LogP contribution in [0.1, 0.15) is 19.3 Å². The van der Waals surface area contributed by atoms with Crippen molar-refractivity contribution in [2.45, 2.75) is 19.3 Å². The maximum atomic E-state index is 12.1. The number of carbonyl (C=O) groups is 2. The van der Waals surface area contributed by atoms with Crippen LogP contribution in [0.2, 0.25) is 0 Å². The molecule has 21 heavy (non-hydrogen) atoms. The minimum Gasteiger partial charge on any atom is -0.506 e. The van der Waals surface area contributed by atoms with E-state index < -0.39 is 28.6 Å². The first-order valence-electron chi connectivity index (χ1n) is 6.41. The smallest absolute Gasteiger partial charge is 0.307 e. The van der Waals surface area contributed by atoms with Gasteiger partial charge in [0.1, 0.15) is 5.75 Å². The maximum absolute atomic E-state index is 12.1. The number of aromatic hydroxyl groups is 1. The summed E-state index contributed by atoms with van der Waals surface area (Å²) in [6.45, 7) is 0. The van der Waals surface area contributed by atoms with Crippen molar-refractivity contribution in [3.63, 3.8) is 0 Å². The molecule has 2 atom stereocenters. The molecule has 0 aliphatic heterocycles. The fourth-order valence-corrected chi connectivity index (χ4v) is 2.53. The lowest BCUT2D eigenvalue weighted by molar-refractivity contribution is -0.384. The van der Waals surface area contributed by atoms with Crippen molar-refractivity contribution in [2.75, 3.05) is 5.32 Å². The van der Waals surface area contributed by atoms with Gasteiger partial charge in [0.25, 0.3) is 5.69 Å². The van der Waals surface area contributed by atoms with E-state index >= 15 is 0 Å². The van der Waals surface area contributed by atoms with Crippen molar-refractivity contribution >= 4 is 23.3 Å². The molecule has 1 fully saturated rings. The van der Waals surface area contributed by atoms with E-state index in [1.807, 2.05) is 0 Å². The first-order chi connectivity index (χ1) is 9.90. The van der Waals surface area contributed by atoms with Crippen molar-refractivity contribution < 1.29 is 24.7 Å². The number of hydrogen-bond donors (Lipinski definition) is 3. The van der Waals surface area contributed by atoms with Crippen LogP contribution in [0, 0.1) is 22.0 Å². The summed E-state index contributed by atoms with van der Waals surface area (Å²) < 4.78 is 0. The molecule has 3 N–H and O–H groups in total. The minimum atomic E-state index is -1.03. The van der Waals surface area contributed by atoms with Gasteiger partial charge in [-0.25, -0.2) is 0 Å². The van der Waals surface area contributed by atoms with Crippen molar-refractivity contribution in [1.82, 2.24) is 0 Å². The molecule has 0 radical (unpaired) electrons. The third kappa shape index (κ3) is 3.10. The second kappa shape index (κ2) is 5.78. The molecule has 8 nitrogen and oxygen atoms in total. The average molecular weight is 294 g/mol. The SMILES string of the molecule is O=C(O)C1CCCC1C(=O)Nc1cc([N+](=O)[O-])ccc1O. The van der Waals surface area contributed by atoms with Crippen LogP contribution in [0.5, 0.6) is 5.75 Å². The Morgan fingerprint density at radius 1 is 1.29 bits per heavy atom. The zero-order chi connectivity index (χ0) is 15.6. The highest BCUT2D eigenvalue weighted by Gasteiger charge is 2.38. The summed E-state index contributed by atoms with van der Waals surface area (Å²) >= 11 is 0. The number of anilines is 1. The molecule has 0 heterocycles. The van der Waals surface area contributed by atoms with E-state index in [0.29, 0.717) is 19.3 Å². The predicted molar refractivity (Wildman–Crippen MR) is 71.9 cm³/mol. The van der Waals surface area contributed by atoms with Crippen molar-refractivity contribution in [3.8, 4) is 5.75 Å². The third-order valence-corrected chi connectivity index (χ3v) is 3.62. The Morgan fingerprint density at radius 3 is 2.57 bits per heavy atom. The average Bonchev–Trinajstić information content (AvgIpc) is 2.90. The van der Waals surface area contributed by atoms with E-state index in [1.165, 1.54) is 0 Å². The van der Waals surface area contributed by atoms with Gasteiger partial charge in [0.05, 0.1) is 22.4 Å². The van der Waals surface area contributed by atoms with Crippen LogP contribution in [-0.4, -0.2) is 27.0 Å². The Hall–Kier alpha value is -2.64. The maximum Gasteiger partial charge on any atom is 0.307 e. The highest BCUT2D eigenvalue weighted by molar-refractivity contribution is 5.96. The molecule has 0 bridgehead atoms. The van der Waals surface area contributed by atoms with Gasteiger partial charge in [-0.2, -0.15) is 0 Å². The molecule has 0 aromatic heterocycles. The molecule has 1 aliphatic carbocycles. The molecule has 8 heteroatoms. The van der Waals surface area contributed by atoms with Crippen LogP contribution in [0.4, 0.5) is 11.4 Å². The Kier molecular flexibility index (Phi) is 4.06. The van der Waals surface area contributed by atoms with E-state index in [-0.39, 0.29) is 17.1 Å². The van der Waals surface area contributed by atoms with Gasteiger partial charge in [-0.1, -0.05) is 6.42 Å². The molecule has 2 unspecified atom stereocenters. The fraction of sp³-hybridized carbons (Fsp3) is 0.385. The molecule has 112 valence electrons. The number of rotatable bonds is 4. The number of phenols is 1. The summed E-state index contributed by atoms with van der Waals surface area (Å²) in [5.41, 5.74) is -0.366. The Bertz CT molecular complexity index is 600. The molecular weight excluding hydrogens is 280 g/mol. The summed E-state index contributed by atoms with van der Waals surface area (Å²) in [5.74, 6) is -3.34. The third-order valence-electron chi connectivity index (χ3n) is 3.62. The highest BCUT2D eigenvalue weighted by atomic mass is 16.6. The predicted octanol–water partition coefficient (Wildman–Crippen LogP) is 1.74. The first-order valence-corrected chi connectivity index (χ1v) is 6.41. The number of nitrogens with zero attached hydrogens (tertiary/aromatic N) is 1. The minimum absolute atomic E-state index is 0.0924. The zero-order valence-electron chi connectivity index (χ0n) is 11.0. The lowest BCUT2D eigenvalue weighted by Crippen LogP contribution is -2.30. The Labute approximate surface area is 119 Å². The molecule has 1 aromatic rings. The molecule has 1 aromatic carbocycles. The van der Waals surface area contributed by atoms with Gasteiger partial charge >= 0.3 is 5.97 Å². The molecule has 2 rings (SSSR count). The van der Waals surface area contributed by atoms with E-state index in [0.717, 1.165) is 18.2 Å². The number of benzene rings is 1. The van der Waals surface area contributed by atoms with E-state index in [4.69, 9.17) is 5.11 Å². The summed E-state index contributed by atoms with van der Waals surface area (Å²) in [4.78, 5) is 33.2. The molecule has 1 amide bonds. The monoisotopic (exact) mass is 294 g/mol. The van der Waals surface area contributed by atoms with Crippen LogP contribution >= 0.6 is 0 Å². The largest absolute Gasteiger partial charge is 0.506 e. The molecule has 0 saturated heterocycles. The van der Waals surface area contributed by atoms with E-state index in [2.05, 4.69) is 5.32 Å². The van der Waals surface area contributed by atoms with Crippen molar-refractivity contribution in [1.29, 1.82) is 0 Å². The second-order valence-corrected chi connectivity index (χ2v) is 4.93. The van der Waals surface area contributed by atoms with Crippen molar-refractivity contribution in [2.24, 2.45) is 11.8 Å². The van der Waals surface area contributed by atoms with Crippen molar-refractivity contribution in [3.05, 3.63) is 28.3 Å². The lowest BCUT2D eigenvalue weighted by atomic mass is 9.95. The molecular formula is C13H14N2O6. The van der Waals surface area contributed by atoms with Crippen LogP contribution in [0.3, 0.4) is 0 Å². The zero-order valence-corrected chi connectivity index (χ0v) is 11.0. The van der Waals surface area contributed by atoms with Gasteiger partial charge < -0.3 is 15.5 Å². The number of carboxylic acids is 1. The quantitative estimate of drug-likeness (QED) is 0.440. The summed E-state index contributed by atoms with van der Waals surface area (Å²) in [5, 5.41) is 31.7. The Balaban J connectivity index is 2.18. The van der Waals surface area contributed by atoms with Gasteiger partial charge in [0.15, 0.2) is 0 Å². The number of amides is 1. The van der Waals surface area contributed by atoms with Gasteiger partial charge in [-0.05, 0) is 18.9 Å². The van der Waals surface area contributed by atoms with Gasteiger partial charge in [0.2, 0.25) is 5.91 Å². The summed E-state index contributed by atoms with van der Waals surface area (Å²) in [6.07, 6.45) is 1.50. The van der Waals surface area contributed by atoms with Gasteiger partial charge in [0, 0.05) is 12.1 Å². The van der Waals surface area contributed by atoms with Crippen LogP contribution in [0.15, 0.2) is 18.2 Å². The topological polar surface area (TPSA) is 130 Å². The number of aliphatic carboxylic acids is 1. The second-order valence-electron chi connectivity index (χ2n) is 4.93. The van der Waals surface area contributed by atoms with Crippen LogP contribution in [0.25, 0.3) is 0 Å². The fourth-order valence-electron chi connectivity index (χ4n) is 2.53. The van der Waals surface area contributed by atoms with E-state index in [1.54, 1.807) is 0 Å². The standard InChI is InChI=1S/C13H14N2O6/c16-11-5-4-7(15(20)21)6-10(11)14-12(17)8-2-1-3-9(8)13(18)19/h4-6,8-9,16H,1-3H2,(H,14,17)(H,18,19). The molecule has 0 spiro atoms. The highest BCUT2D eigenvalue weighted by Crippen LogP contribution is 2.34. The molecule has 1 aliphatic rings. The number of nitrogens with one attached hydrogen (secondary N) is 1. The number of carboxylic acid groups (broad SMARTS) is 1. The Morgan fingerprint density at radius 2 is 1.95 bits per heavy atom. The lowest BCUT2D eigenvalue weighted by Gasteiger charge is -2.16. The van der Waals surface area contributed by atoms with Gasteiger partial charge in [-0.3, -0.25) is 19.7 Å². The molecule has 1 saturated carbocycles. The number of nitro benzene ring substituents is 1. The number of phenolic OH excluding ortho intramolecular Hbond substituents is 1. The number of hydrogen-bond acceptors (Lipinski definition) is 5. The normalized spacial score (nSPS) is 21.0. The summed E-state index contributed by atoms with van der Waals surface area (Å²) in [6, 6.07) is 3.26. The van der Waals surface area contributed by atoms with E-state index in [9.17, 15) is 24.8 Å². The first kappa shape index (κ1) is 14.8. The van der Waals surface area contributed by atoms with Gasteiger partial charge in [-0.15, -0.1) is 0 Å². The van der Waals surface area contributed by atoms with Crippen LogP contribution < -0.4 is 5.32 Å². The number of carbonyl (C=O) groups excluding carboxylic acids is 1.